The summed E-state index contributed by atoms with van der Waals surface area (Å²) in [5, 5.41) is 16.6. The van der Waals surface area contributed by atoms with Gasteiger partial charge in [-0.15, -0.1) is 0 Å². The zero-order valence-electron chi connectivity index (χ0n) is 28.2. The number of fused-ring (bicyclic) bond motifs is 3. The third-order valence-electron chi connectivity index (χ3n) is 9.17. The molecule has 1 atom stereocenters. The highest BCUT2D eigenvalue weighted by molar-refractivity contribution is 6.01. The maximum atomic E-state index is 15.8. The molecule has 0 amide bonds. The predicted octanol–water partition coefficient (Wildman–Crippen LogP) is 7.88. The van der Waals surface area contributed by atoms with E-state index >= 15 is 4.39 Å². The number of aliphatic carboxylic acids is 1. The van der Waals surface area contributed by atoms with Crippen LogP contribution in [0.4, 0.5) is 4.39 Å². The Morgan fingerprint density at radius 2 is 1.83 bits per heavy atom. The lowest BCUT2D eigenvalue weighted by Crippen LogP contribution is -2.28. The number of carbonyl (C=O) groups is 1. The smallest absolute Gasteiger partial charge is 0.337 e. The Hall–Kier alpha value is -5.09. The summed E-state index contributed by atoms with van der Waals surface area (Å²) in [4.78, 5) is 22.6. The number of nitrogens with zero attached hydrogens (tertiary/aromatic N) is 5. The van der Waals surface area contributed by atoms with Gasteiger partial charge in [-0.3, -0.25) is 9.67 Å². The third-order valence-corrected chi connectivity index (χ3v) is 9.17. The van der Waals surface area contributed by atoms with Crippen LogP contribution < -0.4 is 4.74 Å². The molecule has 0 spiro atoms. The van der Waals surface area contributed by atoms with E-state index in [0.717, 1.165) is 51.0 Å². The minimum atomic E-state index is -1.34. The van der Waals surface area contributed by atoms with Crippen molar-refractivity contribution in [2.24, 2.45) is 14.1 Å². The van der Waals surface area contributed by atoms with Gasteiger partial charge in [0.05, 0.1) is 35.3 Å². The van der Waals surface area contributed by atoms with E-state index in [1.165, 1.54) is 6.07 Å². The van der Waals surface area contributed by atoms with Gasteiger partial charge in [0.1, 0.15) is 5.65 Å². The number of halogens is 1. The van der Waals surface area contributed by atoms with Crippen LogP contribution in [0.5, 0.6) is 5.75 Å². The number of ether oxygens (including phenoxy) is 2. The normalized spacial score (nSPS) is 13.9. The summed E-state index contributed by atoms with van der Waals surface area (Å²) in [6.45, 7) is 9.64. The zero-order chi connectivity index (χ0) is 34.1. The van der Waals surface area contributed by atoms with Gasteiger partial charge in [0.15, 0.2) is 17.7 Å². The molecular formula is C38H38FN5O4. The molecule has 0 bridgehead atoms. The molecule has 0 saturated carbocycles. The first-order valence-electron chi connectivity index (χ1n) is 16.1. The number of benzene rings is 2. The zero-order valence-corrected chi connectivity index (χ0v) is 28.2. The number of carboxylic acid groups (broad SMARTS) is 1. The van der Waals surface area contributed by atoms with E-state index in [9.17, 15) is 9.90 Å². The van der Waals surface area contributed by atoms with Crippen LogP contribution in [0.15, 0.2) is 54.9 Å². The molecule has 7 rings (SSSR count). The second-order valence-corrected chi connectivity index (χ2v) is 13.5. The molecule has 1 unspecified atom stereocenters. The summed E-state index contributed by atoms with van der Waals surface area (Å²) in [5.74, 6) is -1.34. The second-order valence-electron chi connectivity index (χ2n) is 13.5. The highest BCUT2D eigenvalue weighted by Gasteiger charge is 2.34. The first-order chi connectivity index (χ1) is 22.8. The molecule has 48 heavy (non-hydrogen) atoms. The molecule has 9 nitrogen and oxygen atoms in total. The first-order valence-corrected chi connectivity index (χ1v) is 16.1. The predicted molar refractivity (Wildman–Crippen MR) is 184 cm³/mol. The average Bonchev–Trinajstić information content (AvgIpc) is 3.59. The SMILES string of the molecule is Cc1nc2c(cc(-c3ccc(-c4ccc5c(cnn5C)c4)nc3)n2C)c(-c2cc(F)c3c(c2C)CCCO3)c1C(OC(C)(C)C)C(=O)O. The Bertz CT molecular complexity index is 2240. The van der Waals surface area contributed by atoms with Gasteiger partial charge >= 0.3 is 5.97 Å². The molecule has 6 aromatic rings. The minimum Gasteiger partial charge on any atom is -0.490 e. The summed E-state index contributed by atoms with van der Waals surface area (Å²) >= 11 is 0. The van der Waals surface area contributed by atoms with Crippen LogP contribution in [0.2, 0.25) is 0 Å². The van der Waals surface area contributed by atoms with Crippen molar-refractivity contribution in [3.63, 3.8) is 0 Å². The van der Waals surface area contributed by atoms with Crippen molar-refractivity contribution in [3.8, 4) is 39.4 Å². The summed E-state index contributed by atoms with van der Waals surface area (Å²) in [6, 6.07) is 13.6. The minimum absolute atomic E-state index is 0.273. The van der Waals surface area contributed by atoms with E-state index in [1.807, 2.05) is 93.8 Å². The fourth-order valence-electron chi connectivity index (χ4n) is 6.89. The van der Waals surface area contributed by atoms with Crippen molar-refractivity contribution < 1.29 is 23.8 Å². The van der Waals surface area contributed by atoms with Crippen LogP contribution in [0.25, 0.3) is 55.6 Å². The fraction of sp³-hybridized carbons (Fsp3) is 0.316. The van der Waals surface area contributed by atoms with Gasteiger partial charge in [-0.05, 0) is 95.0 Å². The highest BCUT2D eigenvalue weighted by atomic mass is 19.1. The lowest BCUT2D eigenvalue weighted by Gasteiger charge is -2.29. The van der Waals surface area contributed by atoms with E-state index in [2.05, 4.69) is 11.2 Å². The average molecular weight is 648 g/mol. The molecule has 1 aliphatic heterocycles. The number of rotatable bonds is 6. The van der Waals surface area contributed by atoms with Crippen molar-refractivity contribution in [3.05, 3.63) is 83.1 Å². The number of hydrogen-bond donors (Lipinski definition) is 1. The van der Waals surface area contributed by atoms with Crippen LogP contribution in [0.3, 0.4) is 0 Å². The summed E-state index contributed by atoms with van der Waals surface area (Å²) in [5.41, 5.74) is 8.15. The molecule has 0 aliphatic carbocycles. The lowest BCUT2D eigenvalue weighted by molar-refractivity contribution is -0.160. The molecule has 0 fully saturated rings. The molecule has 1 aliphatic rings. The van der Waals surface area contributed by atoms with Gasteiger partial charge in [0, 0.05) is 64.6 Å². The standard InChI is InChI=1S/C38H38FN5O4/c1-20-25-9-8-14-47-34(25)28(39)16-26(20)33-27-17-31(43(6)36(27)42-21(2)32(33)35(37(45)46)48-38(3,4)5)23-10-12-29(40-18-23)22-11-13-30-24(15-22)19-41-44(30)7/h10-13,15-19,35H,8-9,14H2,1-7H3,(H,45,46). The molecule has 4 aromatic heterocycles. The molecule has 246 valence electrons. The van der Waals surface area contributed by atoms with E-state index in [4.69, 9.17) is 19.4 Å². The van der Waals surface area contributed by atoms with E-state index < -0.39 is 23.5 Å². The topological polar surface area (TPSA) is 104 Å². The van der Waals surface area contributed by atoms with Crippen LogP contribution in [-0.2, 0) is 30.0 Å². The van der Waals surface area contributed by atoms with Gasteiger partial charge in [0.25, 0.3) is 0 Å². The fourth-order valence-corrected chi connectivity index (χ4v) is 6.89. The van der Waals surface area contributed by atoms with Gasteiger partial charge in [-0.25, -0.2) is 14.2 Å². The lowest BCUT2D eigenvalue weighted by atomic mass is 9.86. The Morgan fingerprint density at radius 3 is 2.54 bits per heavy atom. The van der Waals surface area contributed by atoms with E-state index in [-0.39, 0.29) is 5.75 Å². The highest BCUT2D eigenvalue weighted by Crippen LogP contribution is 2.45. The molecule has 10 heteroatoms. The summed E-state index contributed by atoms with van der Waals surface area (Å²) in [6.07, 6.45) is 3.77. The van der Waals surface area contributed by atoms with Gasteiger partial charge in [0.2, 0.25) is 0 Å². The second kappa shape index (κ2) is 11.6. The maximum absolute atomic E-state index is 15.8. The largest absolute Gasteiger partial charge is 0.490 e. The van der Waals surface area contributed by atoms with Crippen LogP contribution in [-0.4, -0.2) is 47.6 Å². The van der Waals surface area contributed by atoms with Crippen LogP contribution in [0.1, 0.15) is 55.7 Å². The Kier molecular flexibility index (Phi) is 7.58. The number of pyridine rings is 2. The Morgan fingerprint density at radius 1 is 1.06 bits per heavy atom. The van der Waals surface area contributed by atoms with Gasteiger partial charge in [-0.1, -0.05) is 6.07 Å². The van der Waals surface area contributed by atoms with Crippen LogP contribution >= 0.6 is 0 Å². The van der Waals surface area contributed by atoms with Crippen molar-refractivity contribution in [1.29, 1.82) is 0 Å². The van der Waals surface area contributed by atoms with Gasteiger partial charge < -0.3 is 19.1 Å². The number of hydrogen-bond acceptors (Lipinski definition) is 6. The molecule has 0 radical (unpaired) electrons. The molecule has 5 heterocycles. The molecule has 1 N–H and O–H groups in total. The van der Waals surface area contributed by atoms with Crippen molar-refractivity contribution in [1.82, 2.24) is 24.3 Å². The van der Waals surface area contributed by atoms with Crippen LogP contribution in [0, 0.1) is 19.7 Å². The molecule has 2 aromatic carbocycles. The number of aryl methyl sites for hydroxylation is 3. The monoisotopic (exact) mass is 647 g/mol. The van der Waals surface area contributed by atoms with Crippen molar-refractivity contribution >= 4 is 27.9 Å². The number of aromatic nitrogens is 5. The Labute approximate surface area is 278 Å². The van der Waals surface area contributed by atoms with E-state index in [0.29, 0.717) is 46.4 Å². The Balaban J connectivity index is 1.43. The van der Waals surface area contributed by atoms with E-state index in [1.54, 1.807) is 6.92 Å². The quantitative estimate of drug-likeness (QED) is 0.196. The summed E-state index contributed by atoms with van der Waals surface area (Å²) in [7, 11) is 3.84. The summed E-state index contributed by atoms with van der Waals surface area (Å²) < 4.78 is 31.5. The maximum Gasteiger partial charge on any atom is 0.337 e. The first kappa shape index (κ1) is 31.5. The van der Waals surface area contributed by atoms with Crippen molar-refractivity contribution in [2.75, 3.05) is 6.61 Å². The molecular weight excluding hydrogens is 609 g/mol. The van der Waals surface area contributed by atoms with Crippen molar-refractivity contribution in [2.45, 2.75) is 59.2 Å². The molecule has 0 saturated heterocycles. The third kappa shape index (κ3) is 5.30. The van der Waals surface area contributed by atoms with Gasteiger partial charge in [-0.2, -0.15) is 5.10 Å². The number of carboxylic acids is 1.